The van der Waals surface area contributed by atoms with Gasteiger partial charge < -0.3 is 14.7 Å². The van der Waals surface area contributed by atoms with Gasteiger partial charge in [-0.05, 0) is 26.3 Å². The third-order valence-electron chi connectivity index (χ3n) is 5.10. The molecule has 25 heavy (non-hydrogen) atoms. The highest BCUT2D eigenvalue weighted by atomic mass is 16.5. The largest absolute Gasteiger partial charge is 0.359 e. The van der Waals surface area contributed by atoms with Crippen molar-refractivity contribution in [2.24, 2.45) is 0 Å². The highest BCUT2D eigenvalue weighted by Crippen LogP contribution is 2.23. The summed E-state index contributed by atoms with van der Waals surface area (Å²) >= 11 is 0. The van der Waals surface area contributed by atoms with Crippen LogP contribution in [0, 0.1) is 6.92 Å². The maximum absolute atomic E-state index is 11.9. The summed E-state index contributed by atoms with van der Waals surface area (Å²) in [6.45, 7) is 6.32. The van der Waals surface area contributed by atoms with Crippen LogP contribution in [0.4, 0.5) is 4.79 Å². The predicted molar refractivity (Wildman–Crippen MR) is 95.1 cm³/mol. The SMILES string of the molecule is Cc1ccc(-c2cc(CN3CCC[C@@H](N4CCNC4=O)C3)on2)cc1. The van der Waals surface area contributed by atoms with Gasteiger partial charge in [-0.25, -0.2) is 4.79 Å². The van der Waals surface area contributed by atoms with Gasteiger partial charge in [-0.3, -0.25) is 4.90 Å². The number of likely N-dealkylation sites (tertiary alicyclic amines) is 1. The zero-order chi connectivity index (χ0) is 17.2. The minimum Gasteiger partial charge on any atom is -0.359 e. The fourth-order valence-corrected chi connectivity index (χ4v) is 3.73. The Hall–Kier alpha value is -2.34. The zero-order valence-electron chi connectivity index (χ0n) is 14.6. The smallest absolute Gasteiger partial charge is 0.317 e. The van der Waals surface area contributed by atoms with E-state index in [1.807, 2.05) is 11.0 Å². The third kappa shape index (κ3) is 3.54. The van der Waals surface area contributed by atoms with Gasteiger partial charge in [0.25, 0.3) is 0 Å². The number of aryl methyl sites for hydroxylation is 1. The molecule has 1 atom stereocenters. The van der Waals surface area contributed by atoms with E-state index in [1.165, 1.54) is 5.56 Å². The molecule has 2 aromatic rings. The molecule has 1 aromatic heterocycles. The summed E-state index contributed by atoms with van der Waals surface area (Å²) in [6, 6.07) is 10.7. The van der Waals surface area contributed by atoms with Crippen molar-refractivity contribution in [1.82, 2.24) is 20.3 Å². The lowest BCUT2D eigenvalue weighted by Crippen LogP contribution is -2.48. The Kier molecular flexibility index (Phi) is 4.44. The lowest BCUT2D eigenvalue weighted by atomic mass is 10.0. The van der Waals surface area contributed by atoms with Crippen molar-refractivity contribution in [3.63, 3.8) is 0 Å². The molecule has 2 aliphatic rings. The molecule has 4 rings (SSSR count). The Morgan fingerprint density at radius 1 is 1.28 bits per heavy atom. The molecule has 1 aromatic carbocycles. The van der Waals surface area contributed by atoms with Gasteiger partial charge in [0.05, 0.1) is 6.54 Å². The van der Waals surface area contributed by atoms with E-state index in [9.17, 15) is 4.79 Å². The topological polar surface area (TPSA) is 61.6 Å². The molecule has 2 amide bonds. The normalized spacial score (nSPS) is 21.6. The Labute approximate surface area is 147 Å². The van der Waals surface area contributed by atoms with Gasteiger partial charge in [0.2, 0.25) is 0 Å². The molecule has 0 radical (unpaired) electrons. The second-order valence-electron chi connectivity index (χ2n) is 7.00. The summed E-state index contributed by atoms with van der Waals surface area (Å²) in [6.07, 6.45) is 2.18. The molecule has 0 unspecified atom stereocenters. The quantitative estimate of drug-likeness (QED) is 0.929. The first-order valence-electron chi connectivity index (χ1n) is 8.98. The molecule has 2 aliphatic heterocycles. The van der Waals surface area contributed by atoms with Crippen LogP contribution in [-0.2, 0) is 6.54 Å². The number of carbonyl (C=O) groups excluding carboxylic acids is 1. The lowest BCUT2D eigenvalue weighted by molar-refractivity contribution is 0.115. The maximum atomic E-state index is 11.9. The number of amides is 2. The summed E-state index contributed by atoms with van der Waals surface area (Å²) in [5.74, 6) is 0.877. The number of hydrogen-bond donors (Lipinski definition) is 1. The van der Waals surface area contributed by atoms with Crippen molar-refractivity contribution < 1.29 is 9.32 Å². The first-order valence-corrected chi connectivity index (χ1v) is 8.98. The Morgan fingerprint density at radius 2 is 2.12 bits per heavy atom. The number of nitrogens with zero attached hydrogens (tertiary/aromatic N) is 3. The number of carbonyl (C=O) groups is 1. The monoisotopic (exact) mass is 340 g/mol. The number of hydrogen-bond acceptors (Lipinski definition) is 4. The van der Waals surface area contributed by atoms with E-state index in [0.29, 0.717) is 6.04 Å². The molecule has 3 heterocycles. The van der Waals surface area contributed by atoms with E-state index in [4.69, 9.17) is 4.52 Å². The highest BCUT2D eigenvalue weighted by Gasteiger charge is 2.31. The summed E-state index contributed by atoms with van der Waals surface area (Å²) in [4.78, 5) is 16.2. The van der Waals surface area contributed by atoms with Crippen LogP contribution in [-0.4, -0.2) is 53.2 Å². The average Bonchev–Trinajstić information content (AvgIpc) is 3.25. The minimum absolute atomic E-state index is 0.0770. The number of urea groups is 1. The predicted octanol–water partition coefficient (Wildman–Crippen LogP) is 2.64. The van der Waals surface area contributed by atoms with Crippen LogP contribution in [0.15, 0.2) is 34.9 Å². The summed E-state index contributed by atoms with van der Waals surface area (Å²) < 4.78 is 5.55. The van der Waals surface area contributed by atoms with Gasteiger partial charge in [0.1, 0.15) is 5.69 Å². The molecule has 1 N–H and O–H groups in total. The Bertz CT molecular complexity index is 740. The maximum Gasteiger partial charge on any atom is 0.317 e. The Morgan fingerprint density at radius 3 is 2.88 bits per heavy atom. The Balaban J connectivity index is 1.40. The molecule has 6 heteroatoms. The van der Waals surface area contributed by atoms with Gasteiger partial charge in [0, 0.05) is 37.3 Å². The first kappa shape index (κ1) is 16.1. The number of aromatic nitrogens is 1. The molecule has 0 bridgehead atoms. The molecular formula is C19H24N4O2. The third-order valence-corrected chi connectivity index (χ3v) is 5.10. The van der Waals surface area contributed by atoms with Crippen molar-refractivity contribution in [3.05, 3.63) is 41.7 Å². The highest BCUT2D eigenvalue weighted by molar-refractivity contribution is 5.76. The van der Waals surface area contributed by atoms with E-state index in [2.05, 4.69) is 46.6 Å². The molecule has 0 saturated carbocycles. The molecule has 0 aliphatic carbocycles. The van der Waals surface area contributed by atoms with Crippen LogP contribution in [0.25, 0.3) is 11.3 Å². The number of piperidine rings is 1. The van der Waals surface area contributed by atoms with Crippen LogP contribution >= 0.6 is 0 Å². The van der Waals surface area contributed by atoms with E-state index in [1.54, 1.807) is 0 Å². The molecule has 6 nitrogen and oxygen atoms in total. The second-order valence-corrected chi connectivity index (χ2v) is 7.00. The molecule has 2 fully saturated rings. The van der Waals surface area contributed by atoms with E-state index in [-0.39, 0.29) is 6.03 Å². The molecule has 0 spiro atoms. The summed E-state index contributed by atoms with van der Waals surface area (Å²) in [5.41, 5.74) is 3.19. The number of rotatable bonds is 4. The number of benzene rings is 1. The van der Waals surface area contributed by atoms with Gasteiger partial charge in [-0.1, -0.05) is 35.0 Å². The van der Waals surface area contributed by atoms with Crippen molar-refractivity contribution in [2.45, 2.75) is 32.4 Å². The van der Waals surface area contributed by atoms with Crippen LogP contribution in [0.3, 0.4) is 0 Å². The van der Waals surface area contributed by atoms with E-state index in [0.717, 1.165) is 62.6 Å². The second kappa shape index (κ2) is 6.88. The van der Waals surface area contributed by atoms with Gasteiger partial charge >= 0.3 is 6.03 Å². The van der Waals surface area contributed by atoms with Crippen LogP contribution in [0.5, 0.6) is 0 Å². The van der Waals surface area contributed by atoms with Crippen LogP contribution in [0.1, 0.15) is 24.2 Å². The van der Waals surface area contributed by atoms with Crippen molar-refractivity contribution in [2.75, 3.05) is 26.2 Å². The molecule has 132 valence electrons. The van der Waals surface area contributed by atoms with Gasteiger partial charge in [0.15, 0.2) is 5.76 Å². The minimum atomic E-state index is 0.0770. The summed E-state index contributed by atoms with van der Waals surface area (Å²) in [5, 5.41) is 7.11. The van der Waals surface area contributed by atoms with E-state index < -0.39 is 0 Å². The number of nitrogens with one attached hydrogen (secondary N) is 1. The van der Waals surface area contributed by atoms with Gasteiger partial charge in [-0.2, -0.15) is 0 Å². The zero-order valence-corrected chi connectivity index (χ0v) is 14.6. The molecule has 2 saturated heterocycles. The van der Waals surface area contributed by atoms with E-state index >= 15 is 0 Å². The fraction of sp³-hybridized carbons (Fsp3) is 0.474. The van der Waals surface area contributed by atoms with Crippen molar-refractivity contribution in [3.8, 4) is 11.3 Å². The van der Waals surface area contributed by atoms with Gasteiger partial charge in [-0.15, -0.1) is 0 Å². The molecular weight excluding hydrogens is 316 g/mol. The fourth-order valence-electron chi connectivity index (χ4n) is 3.73. The van der Waals surface area contributed by atoms with Crippen LogP contribution in [0.2, 0.25) is 0 Å². The van der Waals surface area contributed by atoms with Crippen molar-refractivity contribution >= 4 is 6.03 Å². The van der Waals surface area contributed by atoms with Crippen molar-refractivity contribution in [1.29, 1.82) is 0 Å². The van der Waals surface area contributed by atoms with Crippen LogP contribution < -0.4 is 5.32 Å². The standard InChI is InChI=1S/C19H24N4O2/c1-14-4-6-15(7-5-14)18-11-17(25-21-18)13-22-9-2-3-16(12-22)23-10-8-20-19(23)24/h4-7,11,16H,2-3,8-10,12-13H2,1H3,(H,20,24)/t16-/m1/s1. The average molecular weight is 340 g/mol. The lowest BCUT2D eigenvalue weighted by Gasteiger charge is -2.36. The first-order chi connectivity index (χ1) is 12.2. The summed E-state index contributed by atoms with van der Waals surface area (Å²) in [7, 11) is 0.